The molecule has 0 atom stereocenters. The van der Waals surface area contributed by atoms with Gasteiger partial charge in [0.25, 0.3) is 0 Å². The highest BCUT2D eigenvalue weighted by Gasteiger charge is 2.23. The zero-order chi connectivity index (χ0) is 46.6. The van der Waals surface area contributed by atoms with Gasteiger partial charge in [-0.3, -0.25) is 9.13 Å². The molecule has 0 aliphatic heterocycles. The minimum absolute atomic E-state index is 0.641. The monoisotopic (exact) mass is 922 g/mol. The molecule has 0 saturated heterocycles. The van der Waals surface area contributed by atoms with E-state index in [1.165, 1.54) is 21.7 Å². The van der Waals surface area contributed by atoms with Crippen LogP contribution in [0.25, 0.3) is 142 Å². The van der Waals surface area contributed by atoms with Crippen LogP contribution in [-0.2, 0) is 0 Å². The largest absolute Gasteiger partial charge is 0.278 e. The highest BCUT2D eigenvalue weighted by molar-refractivity contribution is 7.22. The topological polar surface area (TPSA) is 61.4 Å². The molecule has 6 nitrogen and oxygen atoms in total. The zero-order valence-electron chi connectivity index (χ0n) is 38.0. The van der Waals surface area contributed by atoms with E-state index >= 15 is 0 Å². The number of fused-ring (bicyclic) bond motifs is 12. The summed E-state index contributed by atoms with van der Waals surface area (Å²) in [5, 5.41) is 10.3. The van der Waals surface area contributed by atoms with E-state index < -0.39 is 0 Å². The van der Waals surface area contributed by atoms with Gasteiger partial charge in [0.15, 0.2) is 0 Å². The van der Waals surface area contributed by atoms with E-state index in [1.54, 1.807) is 11.3 Å². The SMILES string of the molecule is c1ccc(-c2cc3nc(-n4c5ccc(-c6ccc7c(c6)c6ccc8ccccc8c6n7-c6nc(-c7ccccc7)c7ccccc7n6)cc5c5c6ccccc6ccc54)nc(-c4ccccc4)c3s2)cc1. The Labute approximate surface area is 411 Å². The summed E-state index contributed by atoms with van der Waals surface area (Å²) in [6, 6.07) is 82.0. The molecule has 15 rings (SSSR count). The molecule has 5 aromatic heterocycles. The fourth-order valence-corrected chi connectivity index (χ4v) is 12.0. The summed E-state index contributed by atoms with van der Waals surface area (Å²) in [6.45, 7) is 0. The van der Waals surface area contributed by atoms with E-state index in [1.807, 2.05) is 6.07 Å². The molecular formula is C64H38N6S. The number of benzene rings is 10. The third-order valence-electron chi connectivity index (χ3n) is 14.1. The van der Waals surface area contributed by atoms with Crippen molar-refractivity contribution in [2.24, 2.45) is 0 Å². The Morgan fingerprint density at radius 3 is 1.59 bits per heavy atom. The second-order valence-electron chi connectivity index (χ2n) is 18.2. The van der Waals surface area contributed by atoms with E-state index in [-0.39, 0.29) is 0 Å². The summed E-state index contributed by atoms with van der Waals surface area (Å²) < 4.78 is 5.61. The molecule has 0 aliphatic carbocycles. The van der Waals surface area contributed by atoms with Crippen LogP contribution in [0.15, 0.2) is 231 Å². The molecular weight excluding hydrogens is 885 g/mol. The number of nitrogens with zero attached hydrogens (tertiary/aromatic N) is 6. The highest BCUT2D eigenvalue weighted by Crippen LogP contribution is 2.44. The smallest absolute Gasteiger partial charge is 0.235 e. The number of para-hydroxylation sites is 1. The van der Waals surface area contributed by atoms with Gasteiger partial charge in [-0.1, -0.05) is 188 Å². The fraction of sp³-hybridized carbons (Fsp3) is 0. The van der Waals surface area contributed by atoms with Crippen molar-refractivity contribution < 1.29 is 0 Å². The van der Waals surface area contributed by atoms with Gasteiger partial charge >= 0.3 is 0 Å². The van der Waals surface area contributed by atoms with Crippen LogP contribution in [0.5, 0.6) is 0 Å². The van der Waals surface area contributed by atoms with Crippen molar-refractivity contribution in [1.82, 2.24) is 29.1 Å². The fourth-order valence-electron chi connectivity index (χ4n) is 10.9. The number of hydrogen-bond acceptors (Lipinski definition) is 5. The molecule has 15 aromatic rings. The predicted molar refractivity (Wildman–Crippen MR) is 296 cm³/mol. The van der Waals surface area contributed by atoms with E-state index in [4.69, 9.17) is 19.9 Å². The average Bonchev–Trinajstić information content (AvgIpc) is 4.14. The average molecular weight is 923 g/mol. The Hall–Kier alpha value is -9.30. The van der Waals surface area contributed by atoms with Crippen LogP contribution in [0.4, 0.5) is 0 Å². The van der Waals surface area contributed by atoms with E-state index in [0.717, 1.165) is 109 Å². The minimum atomic E-state index is 0.641. The summed E-state index contributed by atoms with van der Waals surface area (Å²) >= 11 is 1.75. The van der Waals surface area contributed by atoms with Crippen LogP contribution >= 0.6 is 11.3 Å². The van der Waals surface area contributed by atoms with Gasteiger partial charge in [-0.25, -0.2) is 19.9 Å². The molecule has 0 amide bonds. The number of thiophene rings is 1. The summed E-state index contributed by atoms with van der Waals surface area (Å²) in [5.74, 6) is 1.28. The first-order valence-electron chi connectivity index (χ1n) is 23.9. The van der Waals surface area contributed by atoms with Crippen molar-refractivity contribution in [3.63, 3.8) is 0 Å². The number of rotatable bonds is 6. The molecule has 0 aliphatic rings. The predicted octanol–water partition coefficient (Wildman–Crippen LogP) is 16.8. The number of aromatic nitrogens is 6. The van der Waals surface area contributed by atoms with Gasteiger partial charge in [0, 0.05) is 48.3 Å². The lowest BCUT2D eigenvalue weighted by molar-refractivity contribution is 1.02. The van der Waals surface area contributed by atoms with Gasteiger partial charge in [-0.15, -0.1) is 11.3 Å². The molecule has 0 unspecified atom stereocenters. The second kappa shape index (κ2) is 15.6. The Bertz CT molecular complexity index is 4630. The molecule has 0 N–H and O–H groups in total. The van der Waals surface area contributed by atoms with Crippen molar-refractivity contribution in [2.75, 3.05) is 0 Å². The maximum absolute atomic E-state index is 5.48. The van der Waals surface area contributed by atoms with Crippen molar-refractivity contribution in [3.05, 3.63) is 231 Å². The quantitative estimate of drug-likeness (QED) is 0.167. The summed E-state index contributed by atoms with van der Waals surface area (Å²) in [7, 11) is 0. The Kier molecular flexibility index (Phi) is 8.73. The molecule has 0 spiro atoms. The second-order valence-corrected chi connectivity index (χ2v) is 19.2. The molecule has 71 heavy (non-hydrogen) atoms. The Morgan fingerprint density at radius 2 is 0.845 bits per heavy atom. The molecule has 10 aromatic carbocycles. The van der Waals surface area contributed by atoms with Crippen molar-refractivity contribution in [3.8, 4) is 56.0 Å². The van der Waals surface area contributed by atoms with Gasteiger partial charge in [0.1, 0.15) is 0 Å². The maximum atomic E-state index is 5.48. The van der Waals surface area contributed by atoms with Gasteiger partial charge in [0.2, 0.25) is 11.9 Å². The lowest BCUT2D eigenvalue weighted by atomic mass is 9.98. The van der Waals surface area contributed by atoms with Crippen molar-refractivity contribution in [2.45, 2.75) is 0 Å². The van der Waals surface area contributed by atoms with Crippen LogP contribution in [0.2, 0.25) is 0 Å². The third kappa shape index (κ3) is 6.20. The third-order valence-corrected chi connectivity index (χ3v) is 15.3. The van der Waals surface area contributed by atoms with Crippen molar-refractivity contribution >= 4 is 97.6 Å². The summed E-state index contributed by atoms with van der Waals surface area (Å²) in [5.41, 5.74) is 13.4. The lowest BCUT2D eigenvalue weighted by Gasteiger charge is -2.12. The van der Waals surface area contributed by atoms with Crippen LogP contribution in [0.1, 0.15) is 0 Å². The minimum Gasteiger partial charge on any atom is -0.278 e. The molecule has 0 radical (unpaired) electrons. The van der Waals surface area contributed by atoms with Crippen LogP contribution in [0, 0.1) is 0 Å². The van der Waals surface area contributed by atoms with E-state index in [9.17, 15) is 0 Å². The molecule has 0 saturated carbocycles. The highest BCUT2D eigenvalue weighted by atomic mass is 32.1. The first kappa shape index (κ1) is 39.7. The molecule has 0 bridgehead atoms. The van der Waals surface area contributed by atoms with Crippen LogP contribution in [0.3, 0.4) is 0 Å². The van der Waals surface area contributed by atoms with Gasteiger partial charge < -0.3 is 0 Å². The van der Waals surface area contributed by atoms with Crippen molar-refractivity contribution in [1.29, 1.82) is 0 Å². The lowest BCUT2D eigenvalue weighted by Crippen LogP contribution is -2.03. The standard InChI is InChI=1S/C64H38N6S/c1-4-18-41(19-5-1)57-38-53-62(71-57)60(43-22-8-3-9-23-43)68-63(66-53)69-55-34-31-45(37-51(55)58-46-24-12-10-16-39(46)29-35-56(58)69)44-30-33-54-50(36-44)48-32-28-40-17-11-13-25-47(40)61(48)70(54)64-65-52-27-15-14-26-49(52)59(67-64)42-20-6-2-7-21-42/h1-38H. The first-order chi connectivity index (χ1) is 35.2. The van der Waals surface area contributed by atoms with Gasteiger partial charge in [-0.2, -0.15) is 0 Å². The van der Waals surface area contributed by atoms with Gasteiger partial charge in [-0.05, 0) is 75.3 Å². The molecule has 0 fully saturated rings. The maximum Gasteiger partial charge on any atom is 0.235 e. The van der Waals surface area contributed by atoms with Crippen LogP contribution < -0.4 is 0 Å². The van der Waals surface area contributed by atoms with E-state index in [0.29, 0.717) is 11.9 Å². The normalized spacial score (nSPS) is 11.9. The summed E-state index contributed by atoms with van der Waals surface area (Å²) in [4.78, 5) is 22.8. The first-order valence-corrected chi connectivity index (χ1v) is 24.7. The molecule has 5 heterocycles. The Morgan fingerprint density at radius 1 is 0.310 bits per heavy atom. The molecule has 7 heteroatoms. The Balaban J connectivity index is 0.961. The number of hydrogen-bond donors (Lipinski definition) is 0. The van der Waals surface area contributed by atoms with Crippen LogP contribution in [-0.4, -0.2) is 29.1 Å². The zero-order valence-corrected chi connectivity index (χ0v) is 38.8. The molecule has 330 valence electrons. The van der Waals surface area contributed by atoms with E-state index in [2.05, 4.69) is 234 Å². The summed E-state index contributed by atoms with van der Waals surface area (Å²) in [6.07, 6.45) is 0. The van der Waals surface area contributed by atoms with Gasteiger partial charge in [0.05, 0.1) is 49.2 Å².